The molecule has 1 heterocycles. The van der Waals surface area contributed by atoms with Crippen molar-refractivity contribution in [1.29, 1.82) is 0 Å². The number of amides is 2. The third-order valence-corrected chi connectivity index (χ3v) is 5.05. The molecule has 3 rings (SSSR count). The molecule has 5 nitrogen and oxygen atoms in total. The summed E-state index contributed by atoms with van der Waals surface area (Å²) >= 11 is 1.71. The molecule has 0 fully saturated rings. The van der Waals surface area contributed by atoms with Gasteiger partial charge in [0, 0.05) is 34.0 Å². The Kier molecular flexibility index (Phi) is 6.37. The van der Waals surface area contributed by atoms with Crippen molar-refractivity contribution in [2.45, 2.75) is 17.6 Å². The molecule has 0 aliphatic heterocycles. The summed E-state index contributed by atoms with van der Waals surface area (Å²) in [5, 5.41) is 7.63. The molecule has 2 N–H and O–H groups in total. The Hall–Kier alpha value is -2.78. The molecule has 0 spiro atoms. The minimum absolute atomic E-state index is 0.146. The molecule has 1 aromatic heterocycles. The summed E-state index contributed by atoms with van der Waals surface area (Å²) in [7, 11) is 0. The van der Waals surface area contributed by atoms with Gasteiger partial charge in [0.15, 0.2) is 5.13 Å². The van der Waals surface area contributed by atoms with E-state index >= 15 is 0 Å². The zero-order valence-corrected chi connectivity index (χ0v) is 16.2. The molecule has 0 unspecified atom stereocenters. The Morgan fingerprint density at radius 2 is 1.71 bits per heavy atom. The number of halogens is 2. The lowest BCUT2D eigenvalue weighted by molar-refractivity contribution is -0.114. The molecule has 2 amide bonds. The van der Waals surface area contributed by atoms with Crippen LogP contribution in [0.1, 0.15) is 17.3 Å². The van der Waals surface area contributed by atoms with Crippen LogP contribution in [0.2, 0.25) is 0 Å². The van der Waals surface area contributed by atoms with Crippen LogP contribution in [0.15, 0.2) is 58.8 Å². The summed E-state index contributed by atoms with van der Waals surface area (Å²) < 4.78 is 24.7. The minimum Gasteiger partial charge on any atom is -0.326 e. The van der Waals surface area contributed by atoms with Crippen molar-refractivity contribution < 1.29 is 18.4 Å². The molecule has 0 aliphatic carbocycles. The van der Waals surface area contributed by atoms with Gasteiger partial charge >= 0.3 is 0 Å². The summed E-state index contributed by atoms with van der Waals surface area (Å²) in [6.45, 7) is 1.44. The molecule has 144 valence electrons. The number of rotatable bonds is 6. The quantitative estimate of drug-likeness (QED) is 0.530. The van der Waals surface area contributed by atoms with Gasteiger partial charge < -0.3 is 5.32 Å². The number of thioether (sulfide) groups is 1. The SMILES string of the molecule is CC(=O)Nc1ccc(-c2csc(NC(=O)c3ccc(SC(F)F)cc3)n2)cc1. The number of benzene rings is 2. The van der Waals surface area contributed by atoms with Gasteiger partial charge in [0.2, 0.25) is 5.91 Å². The van der Waals surface area contributed by atoms with Gasteiger partial charge in [-0.3, -0.25) is 14.9 Å². The molecule has 0 radical (unpaired) electrons. The smallest absolute Gasteiger partial charge is 0.288 e. The maximum absolute atomic E-state index is 12.3. The summed E-state index contributed by atoms with van der Waals surface area (Å²) in [5.74, 6) is -3.01. The van der Waals surface area contributed by atoms with Crippen LogP contribution in [-0.4, -0.2) is 22.6 Å². The van der Waals surface area contributed by atoms with Crippen molar-refractivity contribution in [3.05, 3.63) is 59.5 Å². The van der Waals surface area contributed by atoms with Gasteiger partial charge in [0.25, 0.3) is 11.7 Å². The maximum atomic E-state index is 12.3. The molecular formula is C19H15F2N3O2S2. The van der Waals surface area contributed by atoms with Crippen LogP contribution >= 0.6 is 23.1 Å². The first kappa shape index (κ1) is 20.0. The number of hydrogen-bond acceptors (Lipinski definition) is 5. The molecular weight excluding hydrogens is 404 g/mol. The van der Waals surface area contributed by atoms with Crippen LogP contribution in [-0.2, 0) is 4.79 Å². The van der Waals surface area contributed by atoms with Gasteiger partial charge in [-0.2, -0.15) is 8.78 Å². The highest BCUT2D eigenvalue weighted by molar-refractivity contribution is 7.99. The Bertz CT molecular complexity index is 974. The first-order valence-electron chi connectivity index (χ1n) is 8.10. The van der Waals surface area contributed by atoms with Crippen molar-refractivity contribution in [1.82, 2.24) is 4.98 Å². The van der Waals surface area contributed by atoms with E-state index in [1.54, 1.807) is 12.1 Å². The lowest BCUT2D eigenvalue weighted by Gasteiger charge is -2.04. The lowest BCUT2D eigenvalue weighted by Crippen LogP contribution is -2.11. The average Bonchev–Trinajstić information content (AvgIpc) is 3.10. The van der Waals surface area contributed by atoms with Gasteiger partial charge in [-0.25, -0.2) is 4.98 Å². The van der Waals surface area contributed by atoms with Crippen LogP contribution in [0.25, 0.3) is 11.3 Å². The molecule has 0 bridgehead atoms. The Morgan fingerprint density at radius 1 is 1.04 bits per heavy atom. The van der Waals surface area contributed by atoms with E-state index in [1.165, 1.54) is 42.5 Å². The fraction of sp³-hybridized carbons (Fsp3) is 0.105. The van der Waals surface area contributed by atoms with Gasteiger partial charge in [-0.15, -0.1) is 11.3 Å². The monoisotopic (exact) mass is 419 g/mol. The van der Waals surface area contributed by atoms with Crippen LogP contribution < -0.4 is 10.6 Å². The predicted molar refractivity (Wildman–Crippen MR) is 108 cm³/mol. The first-order chi connectivity index (χ1) is 13.4. The number of nitrogens with one attached hydrogen (secondary N) is 2. The van der Waals surface area contributed by atoms with E-state index in [0.29, 0.717) is 38.7 Å². The number of nitrogens with zero attached hydrogens (tertiary/aromatic N) is 1. The number of carbonyl (C=O) groups is 2. The maximum Gasteiger partial charge on any atom is 0.288 e. The molecule has 9 heteroatoms. The highest BCUT2D eigenvalue weighted by atomic mass is 32.2. The number of hydrogen-bond donors (Lipinski definition) is 2. The van der Waals surface area contributed by atoms with E-state index in [0.717, 1.165) is 5.56 Å². The van der Waals surface area contributed by atoms with Crippen LogP contribution in [0, 0.1) is 0 Å². The third kappa shape index (κ3) is 5.37. The molecule has 2 aromatic carbocycles. The van der Waals surface area contributed by atoms with Crippen molar-refractivity contribution >= 4 is 45.7 Å². The standard InChI is InChI=1S/C19H15F2N3O2S2/c1-11(25)22-14-6-2-12(3-7-14)16-10-27-19(23-16)24-17(26)13-4-8-15(9-5-13)28-18(20)21/h2-10,18H,1H3,(H,22,25)(H,23,24,26). The fourth-order valence-electron chi connectivity index (χ4n) is 2.35. The van der Waals surface area contributed by atoms with Gasteiger partial charge in [-0.1, -0.05) is 23.9 Å². The Labute approximate surface area is 168 Å². The van der Waals surface area contributed by atoms with Crippen LogP contribution in [0.3, 0.4) is 0 Å². The van der Waals surface area contributed by atoms with Crippen molar-refractivity contribution in [3.8, 4) is 11.3 Å². The second-order valence-corrected chi connectivity index (χ2v) is 7.57. The Morgan fingerprint density at radius 3 is 2.32 bits per heavy atom. The average molecular weight is 419 g/mol. The topological polar surface area (TPSA) is 71.1 Å². The van der Waals surface area contributed by atoms with Gasteiger partial charge in [0.1, 0.15) is 0 Å². The molecule has 0 atom stereocenters. The van der Waals surface area contributed by atoms with Crippen molar-refractivity contribution in [2.24, 2.45) is 0 Å². The lowest BCUT2D eigenvalue weighted by atomic mass is 10.1. The fourth-order valence-corrected chi connectivity index (χ4v) is 3.56. The highest BCUT2D eigenvalue weighted by Gasteiger charge is 2.11. The van der Waals surface area contributed by atoms with E-state index in [4.69, 9.17) is 0 Å². The molecule has 0 saturated carbocycles. The van der Waals surface area contributed by atoms with E-state index in [-0.39, 0.29) is 11.8 Å². The number of alkyl halides is 2. The zero-order chi connectivity index (χ0) is 20.1. The second-order valence-electron chi connectivity index (χ2n) is 5.65. The number of thiazole rings is 1. The molecule has 0 aliphatic rings. The zero-order valence-electron chi connectivity index (χ0n) is 14.6. The summed E-state index contributed by atoms with van der Waals surface area (Å²) in [6, 6.07) is 13.1. The highest BCUT2D eigenvalue weighted by Crippen LogP contribution is 2.27. The summed E-state index contributed by atoms with van der Waals surface area (Å²) in [4.78, 5) is 28.1. The predicted octanol–water partition coefficient (Wildman–Crippen LogP) is 5.34. The second kappa shape index (κ2) is 8.94. The van der Waals surface area contributed by atoms with Crippen LogP contribution in [0.5, 0.6) is 0 Å². The first-order valence-corrected chi connectivity index (χ1v) is 9.86. The van der Waals surface area contributed by atoms with E-state index in [9.17, 15) is 18.4 Å². The minimum atomic E-state index is -2.50. The van der Waals surface area contributed by atoms with Crippen molar-refractivity contribution in [2.75, 3.05) is 10.6 Å². The molecule has 0 saturated heterocycles. The third-order valence-electron chi connectivity index (χ3n) is 3.57. The van der Waals surface area contributed by atoms with Crippen molar-refractivity contribution in [3.63, 3.8) is 0 Å². The summed E-state index contributed by atoms with van der Waals surface area (Å²) in [5.41, 5.74) is 2.58. The number of aromatic nitrogens is 1. The molecule has 3 aromatic rings. The van der Waals surface area contributed by atoms with Gasteiger partial charge in [-0.05, 0) is 36.4 Å². The largest absolute Gasteiger partial charge is 0.326 e. The number of carbonyl (C=O) groups excluding carboxylic acids is 2. The summed E-state index contributed by atoms with van der Waals surface area (Å²) in [6.07, 6.45) is 0. The van der Waals surface area contributed by atoms with Gasteiger partial charge in [0.05, 0.1) is 5.69 Å². The van der Waals surface area contributed by atoms with E-state index in [2.05, 4.69) is 15.6 Å². The normalized spacial score (nSPS) is 10.7. The van der Waals surface area contributed by atoms with Crippen LogP contribution in [0.4, 0.5) is 19.6 Å². The molecule has 28 heavy (non-hydrogen) atoms. The van der Waals surface area contributed by atoms with E-state index in [1.807, 2.05) is 17.5 Å². The van der Waals surface area contributed by atoms with E-state index < -0.39 is 5.76 Å². The Balaban J connectivity index is 1.65. The number of anilines is 2.